The summed E-state index contributed by atoms with van der Waals surface area (Å²) in [4.78, 5) is 0. The first-order valence-corrected chi connectivity index (χ1v) is 6.05. The fraction of sp³-hybridized carbons (Fsp3) is 0.556. The average molecular weight is 238 g/mol. The molecule has 16 heavy (non-hydrogen) atoms. The number of aromatic nitrogens is 5. The normalized spacial score (nSPS) is 10.6. The monoisotopic (exact) mass is 238 g/mol. The molecule has 0 saturated carbocycles. The summed E-state index contributed by atoms with van der Waals surface area (Å²) in [6.45, 7) is 5.81. The van der Waals surface area contributed by atoms with Crippen molar-refractivity contribution in [2.24, 2.45) is 0 Å². The Morgan fingerprint density at radius 3 is 3.00 bits per heavy atom. The van der Waals surface area contributed by atoms with Gasteiger partial charge in [-0.15, -0.1) is 5.10 Å². The van der Waals surface area contributed by atoms with Crippen molar-refractivity contribution in [1.29, 1.82) is 0 Å². The minimum Gasteiger partial charge on any atom is -0.368 e. The highest BCUT2D eigenvalue weighted by Crippen LogP contribution is 2.24. The largest absolute Gasteiger partial charge is 0.368 e. The topological polar surface area (TPSA) is 68.5 Å². The molecule has 0 fully saturated rings. The number of hydrogen-bond acceptors (Lipinski definition) is 6. The summed E-state index contributed by atoms with van der Waals surface area (Å²) in [6.07, 6.45) is 2.75. The second-order valence-electron chi connectivity index (χ2n) is 3.33. The third-order valence-electron chi connectivity index (χ3n) is 2.13. The molecule has 0 bridgehead atoms. The maximum Gasteiger partial charge on any atom is 0.169 e. The summed E-state index contributed by atoms with van der Waals surface area (Å²) in [5.41, 5.74) is 1.76. The number of nitrogens with one attached hydrogen (secondary N) is 1. The molecule has 1 N–H and O–H groups in total. The Bertz CT molecular complexity index is 406. The SMILES string of the molecule is CCCn1nncc1-c1nsnc1NCC. The van der Waals surface area contributed by atoms with Crippen molar-refractivity contribution < 1.29 is 0 Å². The van der Waals surface area contributed by atoms with E-state index < -0.39 is 0 Å². The van der Waals surface area contributed by atoms with E-state index in [-0.39, 0.29) is 0 Å². The van der Waals surface area contributed by atoms with Crippen LogP contribution in [-0.4, -0.2) is 30.3 Å². The number of rotatable bonds is 5. The number of anilines is 1. The van der Waals surface area contributed by atoms with E-state index >= 15 is 0 Å². The summed E-state index contributed by atoms with van der Waals surface area (Å²) >= 11 is 1.20. The number of aryl methyl sites for hydroxylation is 1. The molecule has 6 nitrogen and oxygen atoms in total. The number of nitrogens with zero attached hydrogens (tertiary/aromatic N) is 5. The molecule has 0 spiro atoms. The van der Waals surface area contributed by atoms with E-state index in [2.05, 4.69) is 31.3 Å². The Kier molecular flexibility index (Phi) is 3.45. The number of hydrogen-bond donors (Lipinski definition) is 1. The predicted octanol–water partition coefficient (Wildman–Crippen LogP) is 1.64. The van der Waals surface area contributed by atoms with E-state index in [0.29, 0.717) is 0 Å². The molecule has 0 unspecified atom stereocenters. The molecule has 0 amide bonds. The van der Waals surface area contributed by atoms with Crippen LogP contribution in [0.5, 0.6) is 0 Å². The Balaban J connectivity index is 2.34. The van der Waals surface area contributed by atoms with Crippen molar-refractivity contribution in [3.05, 3.63) is 6.20 Å². The molecule has 2 aromatic rings. The Morgan fingerprint density at radius 1 is 1.38 bits per heavy atom. The minimum absolute atomic E-state index is 0.812. The average Bonchev–Trinajstić information content (AvgIpc) is 2.87. The van der Waals surface area contributed by atoms with Crippen LogP contribution in [0.25, 0.3) is 11.4 Å². The maximum absolute atomic E-state index is 4.29. The highest BCUT2D eigenvalue weighted by atomic mass is 32.1. The van der Waals surface area contributed by atoms with Gasteiger partial charge in [0.1, 0.15) is 11.4 Å². The highest BCUT2D eigenvalue weighted by molar-refractivity contribution is 6.99. The van der Waals surface area contributed by atoms with E-state index in [1.807, 2.05) is 11.6 Å². The van der Waals surface area contributed by atoms with Crippen molar-refractivity contribution >= 4 is 17.5 Å². The summed E-state index contributed by atoms with van der Waals surface area (Å²) in [5.74, 6) is 0.812. The van der Waals surface area contributed by atoms with Gasteiger partial charge in [-0.2, -0.15) is 8.75 Å². The van der Waals surface area contributed by atoms with Gasteiger partial charge in [-0.1, -0.05) is 12.1 Å². The van der Waals surface area contributed by atoms with Crippen LogP contribution in [-0.2, 0) is 6.54 Å². The van der Waals surface area contributed by atoms with E-state index in [4.69, 9.17) is 0 Å². The molecule has 2 heterocycles. The third kappa shape index (κ3) is 2.04. The fourth-order valence-corrected chi connectivity index (χ4v) is 1.99. The summed E-state index contributed by atoms with van der Waals surface area (Å²) in [6, 6.07) is 0. The zero-order valence-corrected chi connectivity index (χ0v) is 10.2. The zero-order valence-electron chi connectivity index (χ0n) is 9.34. The van der Waals surface area contributed by atoms with Crippen LogP contribution in [0.3, 0.4) is 0 Å². The molecule has 0 radical (unpaired) electrons. The maximum atomic E-state index is 4.29. The molecule has 7 heteroatoms. The minimum atomic E-state index is 0.812. The molecule has 0 saturated heterocycles. The van der Waals surface area contributed by atoms with Crippen LogP contribution in [0.15, 0.2) is 6.20 Å². The lowest BCUT2D eigenvalue weighted by molar-refractivity contribution is 0.583. The molecule has 2 rings (SSSR count). The zero-order chi connectivity index (χ0) is 11.4. The van der Waals surface area contributed by atoms with Crippen LogP contribution in [0.4, 0.5) is 5.82 Å². The standard InChI is InChI=1S/C9H14N6S/c1-3-5-15-7(6-11-14-15)8-9(10-4-2)13-16-12-8/h6H,3-5H2,1-2H3,(H,10,13). The lowest BCUT2D eigenvalue weighted by Gasteiger charge is -2.04. The Labute approximate surface area is 98.0 Å². The van der Waals surface area contributed by atoms with Crippen molar-refractivity contribution in [2.75, 3.05) is 11.9 Å². The second kappa shape index (κ2) is 5.02. The van der Waals surface area contributed by atoms with Gasteiger partial charge in [0.2, 0.25) is 0 Å². The van der Waals surface area contributed by atoms with E-state index in [1.165, 1.54) is 11.7 Å². The molecule has 86 valence electrons. The summed E-state index contributed by atoms with van der Waals surface area (Å²) in [7, 11) is 0. The van der Waals surface area contributed by atoms with E-state index in [0.717, 1.165) is 36.7 Å². The molecular weight excluding hydrogens is 224 g/mol. The first-order chi connectivity index (χ1) is 7.86. The van der Waals surface area contributed by atoms with Crippen LogP contribution in [0.2, 0.25) is 0 Å². The summed E-state index contributed by atoms with van der Waals surface area (Å²) < 4.78 is 10.4. The van der Waals surface area contributed by atoms with Gasteiger partial charge >= 0.3 is 0 Å². The molecule has 0 atom stereocenters. The molecule has 0 aliphatic heterocycles. The van der Waals surface area contributed by atoms with Gasteiger partial charge in [-0.25, -0.2) is 4.68 Å². The molecule has 0 aliphatic carbocycles. The van der Waals surface area contributed by atoms with Crippen molar-refractivity contribution in [1.82, 2.24) is 23.7 Å². The van der Waals surface area contributed by atoms with Gasteiger partial charge in [-0.3, -0.25) is 0 Å². The molecule has 0 aliphatic rings. The quantitative estimate of drug-likeness (QED) is 0.857. The first-order valence-electron chi connectivity index (χ1n) is 5.32. The third-order valence-corrected chi connectivity index (χ3v) is 2.66. The van der Waals surface area contributed by atoms with Gasteiger partial charge < -0.3 is 5.32 Å². The van der Waals surface area contributed by atoms with Crippen LogP contribution in [0.1, 0.15) is 20.3 Å². The smallest absolute Gasteiger partial charge is 0.169 e. The Morgan fingerprint density at radius 2 is 2.25 bits per heavy atom. The molecule has 2 aromatic heterocycles. The van der Waals surface area contributed by atoms with Gasteiger partial charge in [0.05, 0.1) is 17.9 Å². The van der Waals surface area contributed by atoms with Gasteiger partial charge in [0.15, 0.2) is 5.82 Å². The van der Waals surface area contributed by atoms with E-state index in [1.54, 1.807) is 6.20 Å². The first kappa shape index (κ1) is 11.0. The highest BCUT2D eigenvalue weighted by Gasteiger charge is 2.14. The van der Waals surface area contributed by atoms with Crippen molar-refractivity contribution in [3.8, 4) is 11.4 Å². The lowest BCUT2D eigenvalue weighted by atomic mass is 10.3. The lowest BCUT2D eigenvalue weighted by Crippen LogP contribution is -2.04. The van der Waals surface area contributed by atoms with Gasteiger partial charge in [0, 0.05) is 13.1 Å². The Hall–Kier alpha value is -1.50. The van der Waals surface area contributed by atoms with Gasteiger partial charge in [-0.05, 0) is 13.3 Å². The van der Waals surface area contributed by atoms with Crippen LogP contribution in [0, 0.1) is 0 Å². The van der Waals surface area contributed by atoms with Crippen molar-refractivity contribution in [3.63, 3.8) is 0 Å². The van der Waals surface area contributed by atoms with Crippen LogP contribution >= 0.6 is 11.7 Å². The van der Waals surface area contributed by atoms with E-state index in [9.17, 15) is 0 Å². The van der Waals surface area contributed by atoms with Gasteiger partial charge in [0.25, 0.3) is 0 Å². The summed E-state index contributed by atoms with van der Waals surface area (Å²) in [5, 5.41) is 11.1. The second-order valence-corrected chi connectivity index (χ2v) is 3.86. The van der Waals surface area contributed by atoms with Crippen LogP contribution < -0.4 is 5.32 Å². The fourth-order valence-electron chi connectivity index (χ4n) is 1.46. The molecule has 0 aromatic carbocycles. The predicted molar refractivity (Wildman–Crippen MR) is 63.4 cm³/mol. The van der Waals surface area contributed by atoms with Crippen molar-refractivity contribution in [2.45, 2.75) is 26.8 Å². The molecular formula is C9H14N6S.